The number of benzene rings is 1. The molecule has 0 saturated heterocycles. The van der Waals surface area contributed by atoms with Crippen LogP contribution in [0.3, 0.4) is 0 Å². The first-order valence-corrected chi connectivity index (χ1v) is 6.47. The maximum absolute atomic E-state index is 11.8. The SMILES string of the molecule is COc1cccc(Cl)c1CNc1c(N)n(C)c(=O)[nH]c1=O. The van der Waals surface area contributed by atoms with Crippen molar-refractivity contribution < 1.29 is 4.74 Å². The Hall–Kier alpha value is -2.41. The Labute approximate surface area is 125 Å². The quantitative estimate of drug-likeness (QED) is 0.779. The van der Waals surface area contributed by atoms with Crippen molar-refractivity contribution in [3.8, 4) is 5.75 Å². The highest BCUT2D eigenvalue weighted by Crippen LogP contribution is 2.27. The van der Waals surface area contributed by atoms with Gasteiger partial charge in [-0.3, -0.25) is 14.3 Å². The third kappa shape index (κ3) is 2.87. The Kier molecular flexibility index (Phi) is 4.23. The third-order valence-electron chi connectivity index (χ3n) is 3.11. The average molecular weight is 311 g/mol. The molecule has 1 aromatic carbocycles. The van der Waals surface area contributed by atoms with Crippen molar-refractivity contribution >= 4 is 23.1 Å². The smallest absolute Gasteiger partial charge is 0.329 e. The number of methoxy groups -OCH3 is 1. The molecule has 2 rings (SSSR count). The molecule has 112 valence electrons. The fourth-order valence-corrected chi connectivity index (χ4v) is 2.12. The Morgan fingerprint density at radius 3 is 2.81 bits per heavy atom. The van der Waals surface area contributed by atoms with Crippen LogP contribution in [0.25, 0.3) is 0 Å². The molecular formula is C13H15ClN4O3. The highest BCUT2D eigenvalue weighted by atomic mass is 35.5. The van der Waals surface area contributed by atoms with Gasteiger partial charge in [0.1, 0.15) is 17.3 Å². The zero-order valence-corrected chi connectivity index (χ0v) is 12.3. The van der Waals surface area contributed by atoms with Crippen LogP contribution in [0.15, 0.2) is 27.8 Å². The zero-order valence-electron chi connectivity index (χ0n) is 11.6. The molecule has 7 nitrogen and oxygen atoms in total. The molecule has 0 fully saturated rings. The van der Waals surface area contributed by atoms with Crippen molar-refractivity contribution in [2.75, 3.05) is 18.2 Å². The molecule has 0 bridgehead atoms. The van der Waals surface area contributed by atoms with E-state index in [9.17, 15) is 9.59 Å². The Morgan fingerprint density at radius 2 is 2.14 bits per heavy atom. The second-order valence-corrected chi connectivity index (χ2v) is 4.76. The number of H-pyrrole nitrogens is 1. The van der Waals surface area contributed by atoms with Crippen LogP contribution in [0.1, 0.15) is 5.56 Å². The minimum Gasteiger partial charge on any atom is -0.496 e. The van der Waals surface area contributed by atoms with E-state index in [4.69, 9.17) is 22.1 Å². The summed E-state index contributed by atoms with van der Waals surface area (Å²) in [5, 5.41) is 3.39. The lowest BCUT2D eigenvalue weighted by Crippen LogP contribution is -2.32. The normalized spacial score (nSPS) is 10.4. The molecule has 8 heteroatoms. The van der Waals surface area contributed by atoms with Gasteiger partial charge in [-0.15, -0.1) is 0 Å². The van der Waals surface area contributed by atoms with Gasteiger partial charge in [-0.1, -0.05) is 17.7 Å². The highest BCUT2D eigenvalue weighted by Gasteiger charge is 2.12. The van der Waals surface area contributed by atoms with Crippen LogP contribution >= 0.6 is 11.6 Å². The van der Waals surface area contributed by atoms with Crippen molar-refractivity contribution in [3.05, 3.63) is 49.6 Å². The molecule has 1 aromatic heterocycles. The molecule has 0 atom stereocenters. The summed E-state index contributed by atoms with van der Waals surface area (Å²) in [7, 11) is 3.00. The molecule has 0 aliphatic heterocycles. The zero-order chi connectivity index (χ0) is 15.6. The molecule has 0 amide bonds. The van der Waals surface area contributed by atoms with E-state index in [1.165, 1.54) is 14.2 Å². The number of hydrogen-bond donors (Lipinski definition) is 3. The van der Waals surface area contributed by atoms with E-state index in [1.807, 2.05) is 0 Å². The molecular weight excluding hydrogens is 296 g/mol. The summed E-state index contributed by atoms with van der Waals surface area (Å²) < 4.78 is 6.37. The van der Waals surface area contributed by atoms with Crippen molar-refractivity contribution in [2.45, 2.75) is 6.54 Å². The first-order chi connectivity index (χ1) is 9.95. The minimum absolute atomic E-state index is 0.0507. The van der Waals surface area contributed by atoms with Gasteiger partial charge in [-0.05, 0) is 12.1 Å². The lowest BCUT2D eigenvalue weighted by molar-refractivity contribution is 0.410. The maximum atomic E-state index is 11.8. The van der Waals surface area contributed by atoms with Crippen molar-refractivity contribution in [2.24, 2.45) is 7.05 Å². The van der Waals surface area contributed by atoms with E-state index in [0.29, 0.717) is 16.3 Å². The van der Waals surface area contributed by atoms with E-state index in [0.717, 1.165) is 4.57 Å². The summed E-state index contributed by atoms with van der Waals surface area (Å²) in [4.78, 5) is 25.4. The van der Waals surface area contributed by atoms with Gasteiger partial charge >= 0.3 is 5.69 Å². The number of nitrogens with two attached hydrogens (primary N) is 1. The molecule has 0 spiro atoms. The number of ether oxygens (including phenoxy) is 1. The Bertz CT molecular complexity index is 782. The number of nitrogens with one attached hydrogen (secondary N) is 2. The molecule has 21 heavy (non-hydrogen) atoms. The number of nitrogens with zero attached hydrogens (tertiary/aromatic N) is 1. The van der Waals surface area contributed by atoms with Crippen molar-refractivity contribution in [1.29, 1.82) is 0 Å². The van der Waals surface area contributed by atoms with Gasteiger partial charge in [0.2, 0.25) is 0 Å². The number of nitrogen functional groups attached to an aromatic ring is 1. The topological polar surface area (TPSA) is 102 Å². The van der Waals surface area contributed by atoms with Gasteiger partial charge in [0.25, 0.3) is 5.56 Å². The molecule has 0 unspecified atom stereocenters. The average Bonchev–Trinajstić information content (AvgIpc) is 2.46. The molecule has 2 aromatic rings. The Balaban J connectivity index is 2.36. The van der Waals surface area contributed by atoms with Gasteiger partial charge in [-0.2, -0.15) is 0 Å². The predicted octanol–water partition coefficient (Wildman–Crippen LogP) is 0.930. The van der Waals surface area contributed by atoms with Gasteiger partial charge in [0, 0.05) is 24.2 Å². The van der Waals surface area contributed by atoms with E-state index < -0.39 is 11.2 Å². The minimum atomic E-state index is -0.582. The molecule has 0 aliphatic rings. The number of halogens is 1. The summed E-state index contributed by atoms with van der Waals surface area (Å²) >= 11 is 6.12. The summed E-state index contributed by atoms with van der Waals surface area (Å²) in [6.45, 7) is 0.230. The van der Waals surface area contributed by atoms with Crippen molar-refractivity contribution in [3.63, 3.8) is 0 Å². The first-order valence-electron chi connectivity index (χ1n) is 6.09. The summed E-state index contributed by atoms with van der Waals surface area (Å²) in [5.41, 5.74) is 5.42. The number of aromatic nitrogens is 2. The van der Waals surface area contributed by atoms with Gasteiger partial charge in [0.15, 0.2) is 0 Å². The van der Waals surface area contributed by atoms with Crippen LogP contribution < -0.4 is 27.0 Å². The highest BCUT2D eigenvalue weighted by molar-refractivity contribution is 6.31. The summed E-state index contributed by atoms with van der Waals surface area (Å²) in [6.07, 6.45) is 0. The van der Waals surface area contributed by atoms with E-state index >= 15 is 0 Å². The number of aromatic amines is 1. The fraction of sp³-hybridized carbons (Fsp3) is 0.231. The third-order valence-corrected chi connectivity index (χ3v) is 3.46. The standard InChI is InChI=1S/C13H15ClN4O3/c1-18-11(15)10(12(19)17-13(18)20)16-6-7-8(14)4-3-5-9(7)21-2/h3-5,16H,6,15H2,1-2H3,(H,17,19,20). The van der Waals surface area contributed by atoms with Crippen LogP contribution in [0, 0.1) is 0 Å². The van der Waals surface area contributed by atoms with Gasteiger partial charge < -0.3 is 15.8 Å². The number of rotatable bonds is 4. The number of hydrogen-bond acceptors (Lipinski definition) is 5. The number of anilines is 2. The fourth-order valence-electron chi connectivity index (χ4n) is 1.89. The van der Waals surface area contributed by atoms with Gasteiger partial charge in [0.05, 0.1) is 7.11 Å². The lowest BCUT2D eigenvalue weighted by atomic mass is 10.2. The van der Waals surface area contributed by atoms with E-state index in [1.54, 1.807) is 18.2 Å². The molecule has 0 radical (unpaired) electrons. The summed E-state index contributed by atoms with van der Waals surface area (Å²) in [6, 6.07) is 5.24. The maximum Gasteiger partial charge on any atom is 0.329 e. The second kappa shape index (κ2) is 5.92. The first kappa shape index (κ1) is 15.0. The van der Waals surface area contributed by atoms with E-state index in [2.05, 4.69) is 10.3 Å². The Morgan fingerprint density at radius 1 is 1.43 bits per heavy atom. The molecule has 0 aliphatic carbocycles. The van der Waals surface area contributed by atoms with E-state index in [-0.39, 0.29) is 18.1 Å². The lowest BCUT2D eigenvalue weighted by Gasteiger charge is -2.13. The van der Waals surface area contributed by atoms with Crippen LogP contribution in [0.2, 0.25) is 5.02 Å². The predicted molar refractivity (Wildman–Crippen MR) is 82.0 cm³/mol. The van der Waals surface area contributed by atoms with Gasteiger partial charge in [-0.25, -0.2) is 4.79 Å². The molecule has 4 N–H and O–H groups in total. The van der Waals surface area contributed by atoms with Crippen LogP contribution in [-0.2, 0) is 13.6 Å². The van der Waals surface area contributed by atoms with Crippen molar-refractivity contribution in [1.82, 2.24) is 9.55 Å². The second-order valence-electron chi connectivity index (χ2n) is 4.35. The largest absolute Gasteiger partial charge is 0.496 e. The molecule has 1 heterocycles. The van der Waals surface area contributed by atoms with Crippen LogP contribution in [-0.4, -0.2) is 16.7 Å². The van der Waals surface area contributed by atoms with Crippen LogP contribution in [0.4, 0.5) is 11.5 Å². The van der Waals surface area contributed by atoms with Crippen LogP contribution in [0.5, 0.6) is 5.75 Å². The summed E-state index contributed by atoms with van der Waals surface area (Å²) in [5.74, 6) is 0.643. The molecule has 0 saturated carbocycles. The monoisotopic (exact) mass is 310 g/mol.